The van der Waals surface area contributed by atoms with Crippen molar-refractivity contribution >= 4 is 17.7 Å². The fourth-order valence-corrected chi connectivity index (χ4v) is 3.86. The van der Waals surface area contributed by atoms with Gasteiger partial charge >= 0.3 is 0 Å². The maximum atomic E-state index is 13.6. The van der Waals surface area contributed by atoms with Crippen LogP contribution in [0, 0.1) is 11.6 Å². The number of nitrogens with one attached hydrogen (secondary N) is 1. The first-order valence-corrected chi connectivity index (χ1v) is 8.18. The van der Waals surface area contributed by atoms with E-state index in [-0.39, 0.29) is 18.4 Å². The van der Waals surface area contributed by atoms with E-state index in [1.54, 1.807) is 11.8 Å². The summed E-state index contributed by atoms with van der Waals surface area (Å²) in [6.07, 6.45) is -1.43. The normalized spacial score (nSPS) is 17.6. The number of hydrogen-bond acceptors (Lipinski definition) is 3. The first kappa shape index (κ1) is 16.0. The molecule has 1 amide bonds. The molecule has 120 valence electrons. The molecule has 0 radical (unpaired) electrons. The molecule has 0 aromatic heterocycles. The lowest BCUT2D eigenvalue weighted by atomic mass is 10.0. The van der Waals surface area contributed by atoms with Crippen LogP contribution in [0.3, 0.4) is 0 Å². The van der Waals surface area contributed by atoms with Gasteiger partial charge in [0.15, 0.2) is 0 Å². The predicted octanol–water partition coefficient (Wildman–Crippen LogP) is 3.00. The van der Waals surface area contributed by atoms with Crippen molar-refractivity contribution in [1.82, 2.24) is 5.32 Å². The van der Waals surface area contributed by atoms with Crippen LogP contribution in [0.4, 0.5) is 8.78 Å². The number of amides is 1. The molecule has 0 aliphatic carbocycles. The molecule has 6 heteroatoms. The maximum Gasteiger partial charge on any atom is 0.228 e. The van der Waals surface area contributed by atoms with Gasteiger partial charge in [0.05, 0.1) is 11.5 Å². The zero-order valence-electron chi connectivity index (χ0n) is 12.1. The number of halogens is 2. The van der Waals surface area contributed by atoms with Crippen molar-refractivity contribution in [3.63, 3.8) is 0 Å². The molecule has 0 bridgehead atoms. The van der Waals surface area contributed by atoms with Gasteiger partial charge < -0.3 is 10.4 Å². The van der Waals surface area contributed by atoms with Crippen LogP contribution in [0.25, 0.3) is 0 Å². The van der Waals surface area contributed by atoms with Crippen LogP contribution in [0.5, 0.6) is 0 Å². The third-order valence-electron chi connectivity index (χ3n) is 3.82. The van der Waals surface area contributed by atoms with Crippen molar-refractivity contribution in [2.45, 2.75) is 16.9 Å². The minimum absolute atomic E-state index is 0.236. The zero-order chi connectivity index (χ0) is 16.4. The molecule has 3 nitrogen and oxygen atoms in total. The monoisotopic (exact) mass is 335 g/mol. The smallest absolute Gasteiger partial charge is 0.228 e. The van der Waals surface area contributed by atoms with Gasteiger partial charge in [-0.05, 0) is 23.8 Å². The van der Waals surface area contributed by atoms with Crippen LogP contribution >= 0.6 is 11.8 Å². The van der Waals surface area contributed by atoms with E-state index in [2.05, 4.69) is 5.32 Å². The first-order chi connectivity index (χ1) is 11.1. The minimum atomic E-state index is -1.43. The van der Waals surface area contributed by atoms with E-state index in [1.165, 1.54) is 6.07 Å². The van der Waals surface area contributed by atoms with E-state index in [4.69, 9.17) is 0 Å². The van der Waals surface area contributed by atoms with Crippen molar-refractivity contribution < 1.29 is 18.7 Å². The van der Waals surface area contributed by atoms with Crippen molar-refractivity contribution in [2.75, 3.05) is 12.3 Å². The molecule has 2 aromatic carbocycles. The first-order valence-electron chi connectivity index (χ1n) is 7.19. The van der Waals surface area contributed by atoms with Crippen molar-refractivity contribution in [3.8, 4) is 0 Å². The largest absolute Gasteiger partial charge is 0.386 e. The molecular formula is C17H15F2NO2S. The number of aliphatic hydroxyl groups is 1. The molecule has 1 heterocycles. The number of rotatable bonds is 4. The molecule has 1 aliphatic heterocycles. The Morgan fingerprint density at radius 3 is 2.65 bits per heavy atom. The van der Waals surface area contributed by atoms with E-state index < -0.39 is 23.3 Å². The van der Waals surface area contributed by atoms with E-state index in [9.17, 15) is 18.7 Å². The maximum absolute atomic E-state index is 13.6. The van der Waals surface area contributed by atoms with Gasteiger partial charge in [-0.2, -0.15) is 0 Å². The summed E-state index contributed by atoms with van der Waals surface area (Å²) in [4.78, 5) is 13.4. The molecule has 0 fully saturated rings. The van der Waals surface area contributed by atoms with E-state index in [0.29, 0.717) is 5.75 Å². The van der Waals surface area contributed by atoms with Gasteiger partial charge in [0.2, 0.25) is 5.91 Å². The fourth-order valence-electron chi connectivity index (χ4n) is 2.63. The minimum Gasteiger partial charge on any atom is -0.386 e. The Kier molecular flexibility index (Phi) is 4.63. The molecule has 0 saturated carbocycles. The number of carbonyl (C=O) groups is 1. The average Bonchev–Trinajstić information content (AvgIpc) is 2.96. The Balaban J connectivity index is 1.66. The quantitative estimate of drug-likeness (QED) is 0.903. The number of hydrogen-bond donors (Lipinski definition) is 2. The second-order valence-electron chi connectivity index (χ2n) is 5.30. The van der Waals surface area contributed by atoms with Gasteiger partial charge in [-0.15, -0.1) is 11.8 Å². The van der Waals surface area contributed by atoms with Crippen LogP contribution in [-0.2, 0) is 4.79 Å². The Labute approximate surface area is 136 Å². The molecule has 0 spiro atoms. The van der Waals surface area contributed by atoms with E-state index in [1.807, 2.05) is 24.3 Å². The molecule has 2 aromatic rings. The molecule has 23 heavy (non-hydrogen) atoms. The lowest BCUT2D eigenvalue weighted by Gasteiger charge is -2.16. The molecular weight excluding hydrogens is 320 g/mol. The zero-order valence-corrected chi connectivity index (χ0v) is 12.9. The Bertz CT molecular complexity index is 718. The van der Waals surface area contributed by atoms with Gasteiger partial charge in [0.25, 0.3) is 0 Å². The number of carbonyl (C=O) groups excluding carboxylic acids is 1. The second kappa shape index (κ2) is 6.68. The lowest BCUT2D eigenvalue weighted by Crippen LogP contribution is -2.33. The summed E-state index contributed by atoms with van der Waals surface area (Å²) >= 11 is 1.60. The number of benzene rings is 2. The fraction of sp³-hybridized carbons (Fsp3) is 0.235. The van der Waals surface area contributed by atoms with Gasteiger partial charge in [0, 0.05) is 17.2 Å². The summed E-state index contributed by atoms with van der Waals surface area (Å²) in [5.41, 5.74) is 0.524. The van der Waals surface area contributed by atoms with Gasteiger partial charge in [0.1, 0.15) is 17.7 Å². The third kappa shape index (κ3) is 3.23. The van der Waals surface area contributed by atoms with Gasteiger partial charge in [-0.25, -0.2) is 8.78 Å². The molecule has 1 aliphatic rings. The Hall–Kier alpha value is -1.92. The van der Waals surface area contributed by atoms with Gasteiger partial charge in [-0.1, -0.05) is 24.3 Å². The van der Waals surface area contributed by atoms with Crippen molar-refractivity contribution in [1.29, 1.82) is 0 Å². The van der Waals surface area contributed by atoms with Crippen LogP contribution in [-0.4, -0.2) is 23.3 Å². The number of fused-ring (bicyclic) bond motifs is 1. The highest BCUT2D eigenvalue weighted by Gasteiger charge is 2.29. The van der Waals surface area contributed by atoms with E-state index in [0.717, 1.165) is 22.6 Å². The van der Waals surface area contributed by atoms with Crippen LogP contribution < -0.4 is 5.32 Å². The van der Waals surface area contributed by atoms with Crippen LogP contribution in [0.15, 0.2) is 47.4 Å². The average molecular weight is 335 g/mol. The molecule has 2 atom stereocenters. The molecule has 2 unspecified atom stereocenters. The standard InChI is InChI=1S/C17H15F2NO2S/c18-12-5-3-6-13(19)16(12)14(21)8-20-17(22)11-9-23-15-7-2-1-4-10(11)15/h1-7,11,14,21H,8-9H2,(H,20,22). The summed E-state index contributed by atoms with van der Waals surface area (Å²) in [6, 6.07) is 11.0. The molecule has 0 saturated heterocycles. The highest BCUT2D eigenvalue weighted by atomic mass is 32.2. The number of aliphatic hydroxyl groups excluding tert-OH is 1. The summed E-state index contributed by atoms with van der Waals surface area (Å²) < 4.78 is 27.2. The SMILES string of the molecule is O=C(NCC(O)c1c(F)cccc1F)C1CSc2ccccc21. The van der Waals surface area contributed by atoms with Crippen LogP contribution in [0.2, 0.25) is 0 Å². The molecule has 2 N–H and O–H groups in total. The summed E-state index contributed by atoms with van der Waals surface area (Å²) in [5.74, 6) is -1.59. The lowest BCUT2D eigenvalue weighted by molar-refractivity contribution is -0.122. The second-order valence-corrected chi connectivity index (χ2v) is 6.36. The van der Waals surface area contributed by atoms with Gasteiger partial charge in [-0.3, -0.25) is 4.79 Å². The molecule has 3 rings (SSSR count). The summed E-state index contributed by atoms with van der Waals surface area (Å²) in [6.45, 7) is -0.236. The topological polar surface area (TPSA) is 49.3 Å². The van der Waals surface area contributed by atoms with Crippen molar-refractivity contribution in [3.05, 3.63) is 65.2 Å². The Morgan fingerprint density at radius 2 is 1.91 bits per heavy atom. The number of thioether (sulfide) groups is 1. The summed E-state index contributed by atoms with van der Waals surface area (Å²) in [7, 11) is 0. The van der Waals surface area contributed by atoms with Crippen LogP contribution in [0.1, 0.15) is 23.1 Å². The summed E-state index contributed by atoms with van der Waals surface area (Å²) in [5, 5.41) is 12.6. The highest BCUT2D eigenvalue weighted by Crippen LogP contribution is 2.39. The van der Waals surface area contributed by atoms with E-state index >= 15 is 0 Å². The predicted molar refractivity (Wildman–Crippen MR) is 84.2 cm³/mol. The van der Waals surface area contributed by atoms with Crippen molar-refractivity contribution in [2.24, 2.45) is 0 Å². The Morgan fingerprint density at radius 1 is 1.22 bits per heavy atom. The third-order valence-corrected chi connectivity index (χ3v) is 5.00. The highest BCUT2D eigenvalue weighted by molar-refractivity contribution is 7.99.